The van der Waals surface area contributed by atoms with Gasteiger partial charge in [0.2, 0.25) is 0 Å². The van der Waals surface area contributed by atoms with Crippen LogP contribution < -0.4 is 5.32 Å². The predicted octanol–water partition coefficient (Wildman–Crippen LogP) is 2.21. The molecule has 4 heteroatoms. The smallest absolute Gasteiger partial charge is 0.142 e. The largest absolute Gasteiger partial charge is 0.316 e. The van der Waals surface area contributed by atoms with Crippen molar-refractivity contribution in [3.8, 4) is 0 Å². The number of rotatable bonds is 9. The Hall–Kier alpha value is -1.00. The number of nitrogens with one attached hydrogen (secondary N) is 1. The highest BCUT2D eigenvalue weighted by Gasteiger charge is 2.12. The molecule has 0 aliphatic heterocycles. The first kappa shape index (κ1) is 17.1. The summed E-state index contributed by atoms with van der Waals surface area (Å²) < 4.78 is 0. The summed E-state index contributed by atoms with van der Waals surface area (Å²) in [4.78, 5) is 11.6. The van der Waals surface area contributed by atoms with Gasteiger partial charge < -0.3 is 10.2 Å². The van der Waals surface area contributed by atoms with Gasteiger partial charge in [-0.15, -0.1) is 0 Å². The number of nitrogens with zero attached hydrogens (tertiary/aromatic N) is 3. The minimum absolute atomic E-state index is 0.814. The quantitative estimate of drug-likeness (QED) is 0.703. The molecular weight excluding hydrogens is 248 g/mol. The van der Waals surface area contributed by atoms with Crippen LogP contribution in [-0.2, 0) is 25.8 Å². The Morgan fingerprint density at radius 1 is 0.950 bits per heavy atom. The van der Waals surface area contributed by atoms with Crippen molar-refractivity contribution in [1.82, 2.24) is 20.2 Å². The van der Waals surface area contributed by atoms with Crippen LogP contribution in [0.2, 0.25) is 0 Å². The molecule has 4 nitrogen and oxygen atoms in total. The van der Waals surface area contributed by atoms with Crippen LogP contribution in [0.15, 0.2) is 0 Å². The normalized spacial score (nSPS) is 11.3. The van der Waals surface area contributed by atoms with Crippen LogP contribution in [0.25, 0.3) is 0 Å². The van der Waals surface area contributed by atoms with Crippen LogP contribution in [-0.4, -0.2) is 42.1 Å². The van der Waals surface area contributed by atoms with Gasteiger partial charge in [0.05, 0.1) is 6.54 Å². The maximum absolute atomic E-state index is 4.76. The lowest BCUT2D eigenvalue weighted by molar-refractivity contribution is 0.388. The lowest BCUT2D eigenvalue weighted by atomic mass is 10.0. The molecule has 0 aromatic carbocycles. The Kier molecular flexibility index (Phi) is 7.70. The summed E-state index contributed by atoms with van der Waals surface area (Å²) in [5, 5.41) is 3.47. The van der Waals surface area contributed by atoms with Crippen molar-refractivity contribution in [3.05, 3.63) is 22.8 Å². The third kappa shape index (κ3) is 5.17. The van der Waals surface area contributed by atoms with Crippen LogP contribution in [0.4, 0.5) is 0 Å². The molecule has 0 aliphatic carbocycles. The molecule has 1 aromatic rings. The maximum atomic E-state index is 4.76. The predicted molar refractivity (Wildman–Crippen MR) is 85.0 cm³/mol. The third-order valence-electron chi connectivity index (χ3n) is 3.33. The Morgan fingerprint density at radius 3 is 2.00 bits per heavy atom. The zero-order chi connectivity index (χ0) is 15.0. The van der Waals surface area contributed by atoms with Gasteiger partial charge in [-0.3, -0.25) is 0 Å². The molecule has 0 fully saturated rings. The van der Waals surface area contributed by atoms with Gasteiger partial charge >= 0.3 is 0 Å². The van der Waals surface area contributed by atoms with E-state index in [2.05, 4.69) is 45.1 Å². The van der Waals surface area contributed by atoms with Crippen molar-refractivity contribution in [2.75, 3.05) is 27.2 Å². The minimum atomic E-state index is 0.814. The highest BCUT2D eigenvalue weighted by atomic mass is 15.1. The Balaban J connectivity index is 2.90. The second-order valence-electron chi connectivity index (χ2n) is 5.46. The van der Waals surface area contributed by atoms with Crippen molar-refractivity contribution >= 4 is 0 Å². The first-order valence-corrected chi connectivity index (χ1v) is 7.85. The topological polar surface area (TPSA) is 41.1 Å². The fourth-order valence-electron chi connectivity index (χ4n) is 2.38. The van der Waals surface area contributed by atoms with Crippen molar-refractivity contribution < 1.29 is 0 Å². The molecule has 0 aliphatic rings. The van der Waals surface area contributed by atoms with E-state index in [0.717, 1.165) is 44.7 Å². The van der Waals surface area contributed by atoms with E-state index < -0.39 is 0 Å². The number of hydrogen-bond acceptors (Lipinski definition) is 4. The van der Waals surface area contributed by atoms with E-state index in [1.807, 2.05) is 0 Å². The monoisotopic (exact) mass is 278 g/mol. The molecular formula is C16H30N4. The van der Waals surface area contributed by atoms with Crippen molar-refractivity contribution in [2.45, 2.75) is 53.0 Å². The summed E-state index contributed by atoms with van der Waals surface area (Å²) >= 11 is 0. The molecule has 0 amide bonds. The molecule has 0 saturated carbocycles. The second kappa shape index (κ2) is 9.03. The molecule has 0 atom stereocenters. The van der Waals surface area contributed by atoms with E-state index >= 15 is 0 Å². The van der Waals surface area contributed by atoms with E-state index in [9.17, 15) is 0 Å². The highest BCUT2D eigenvalue weighted by molar-refractivity contribution is 5.27. The van der Waals surface area contributed by atoms with E-state index in [0.29, 0.717) is 0 Å². The maximum Gasteiger partial charge on any atom is 0.142 e. The lowest BCUT2D eigenvalue weighted by Crippen LogP contribution is -2.21. The zero-order valence-electron chi connectivity index (χ0n) is 13.8. The summed E-state index contributed by atoms with van der Waals surface area (Å²) in [5.74, 6) is 0.953. The van der Waals surface area contributed by atoms with E-state index in [-0.39, 0.29) is 0 Å². The molecule has 0 bridgehead atoms. The Bertz CT molecular complexity index is 376. The second-order valence-corrected chi connectivity index (χ2v) is 5.46. The lowest BCUT2D eigenvalue weighted by Gasteiger charge is -2.16. The van der Waals surface area contributed by atoms with E-state index in [1.165, 1.54) is 23.4 Å². The van der Waals surface area contributed by atoms with Gasteiger partial charge in [-0.25, -0.2) is 9.97 Å². The molecule has 1 N–H and O–H groups in total. The van der Waals surface area contributed by atoms with Gasteiger partial charge in [0.1, 0.15) is 5.82 Å². The number of aromatic nitrogens is 2. The molecule has 0 saturated heterocycles. The highest BCUT2D eigenvalue weighted by Crippen LogP contribution is 2.15. The third-order valence-corrected chi connectivity index (χ3v) is 3.33. The molecule has 114 valence electrons. The Labute approximate surface area is 124 Å². The minimum Gasteiger partial charge on any atom is -0.316 e. The van der Waals surface area contributed by atoms with Gasteiger partial charge in [-0.1, -0.05) is 20.8 Å². The number of hydrogen-bond donors (Lipinski definition) is 1. The van der Waals surface area contributed by atoms with Crippen molar-refractivity contribution in [1.29, 1.82) is 0 Å². The summed E-state index contributed by atoms with van der Waals surface area (Å²) in [6.45, 7) is 9.48. The van der Waals surface area contributed by atoms with Crippen LogP contribution in [0, 0.1) is 0 Å². The fourth-order valence-corrected chi connectivity index (χ4v) is 2.38. The summed E-state index contributed by atoms with van der Waals surface area (Å²) in [6, 6.07) is 0. The van der Waals surface area contributed by atoms with Crippen molar-refractivity contribution in [3.63, 3.8) is 0 Å². The van der Waals surface area contributed by atoms with Gasteiger partial charge in [-0.2, -0.15) is 0 Å². The van der Waals surface area contributed by atoms with Crippen molar-refractivity contribution in [2.24, 2.45) is 0 Å². The summed E-state index contributed by atoms with van der Waals surface area (Å²) in [6.07, 6.45) is 4.19. The van der Waals surface area contributed by atoms with Gasteiger partial charge in [-0.05, 0) is 58.4 Å². The van der Waals surface area contributed by atoms with Crippen LogP contribution in [0.5, 0.6) is 0 Å². The molecule has 1 aromatic heterocycles. The van der Waals surface area contributed by atoms with Gasteiger partial charge in [0, 0.05) is 11.4 Å². The molecule has 0 radical (unpaired) electrons. The standard InChI is InChI=1S/C16H30N4/c1-6-10-17-11-9-13-14(7-2)18-16(12-20(4)5)19-15(13)8-3/h17H,6-12H2,1-5H3. The van der Waals surface area contributed by atoms with Crippen LogP contribution in [0.1, 0.15) is 50.0 Å². The molecule has 1 rings (SSSR count). The molecule has 20 heavy (non-hydrogen) atoms. The fraction of sp³-hybridized carbons (Fsp3) is 0.750. The molecule has 0 spiro atoms. The average molecular weight is 278 g/mol. The average Bonchev–Trinajstić information content (AvgIpc) is 2.43. The van der Waals surface area contributed by atoms with Crippen LogP contribution >= 0.6 is 0 Å². The van der Waals surface area contributed by atoms with Crippen LogP contribution in [0.3, 0.4) is 0 Å². The summed E-state index contributed by atoms with van der Waals surface area (Å²) in [7, 11) is 4.12. The SMILES string of the molecule is CCCNCCc1c(CC)nc(CN(C)C)nc1CC. The Morgan fingerprint density at radius 2 is 1.55 bits per heavy atom. The zero-order valence-corrected chi connectivity index (χ0v) is 13.8. The molecule has 0 unspecified atom stereocenters. The number of aryl methyl sites for hydroxylation is 2. The van der Waals surface area contributed by atoms with E-state index in [4.69, 9.17) is 9.97 Å². The van der Waals surface area contributed by atoms with Gasteiger partial charge in [0.15, 0.2) is 0 Å². The van der Waals surface area contributed by atoms with Gasteiger partial charge in [0.25, 0.3) is 0 Å². The summed E-state index contributed by atoms with van der Waals surface area (Å²) in [5.41, 5.74) is 3.82. The first-order valence-electron chi connectivity index (χ1n) is 7.85. The molecule has 1 heterocycles. The first-order chi connectivity index (χ1) is 9.62. The van der Waals surface area contributed by atoms with E-state index in [1.54, 1.807) is 0 Å².